The van der Waals surface area contributed by atoms with Gasteiger partial charge >= 0.3 is 0 Å². The monoisotopic (exact) mass is 263 g/mol. The number of methoxy groups -OCH3 is 2. The van der Waals surface area contributed by atoms with Gasteiger partial charge in [-0.3, -0.25) is 0 Å². The molecule has 0 saturated heterocycles. The van der Waals surface area contributed by atoms with Gasteiger partial charge in [0.25, 0.3) is 0 Å². The summed E-state index contributed by atoms with van der Waals surface area (Å²) in [6.07, 6.45) is 5.20. The largest absolute Gasteiger partial charge is 0.497 e. The van der Waals surface area contributed by atoms with Gasteiger partial charge in [-0.25, -0.2) is 0 Å². The number of hydrogen-bond acceptors (Lipinski definition) is 3. The molecule has 1 saturated carbocycles. The van der Waals surface area contributed by atoms with E-state index in [1.165, 1.54) is 31.2 Å². The predicted molar refractivity (Wildman–Crippen MR) is 78.2 cm³/mol. The van der Waals surface area contributed by atoms with Crippen molar-refractivity contribution >= 4 is 0 Å². The van der Waals surface area contributed by atoms with Crippen molar-refractivity contribution in [2.45, 2.75) is 31.6 Å². The minimum Gasteiger partial charge on any atom is -0.497 e. The molecule has 0 aromatic heterocycles. The SMILES string of the molecule is CNCC1CCCCC1c1cc(OC)ccc1OC. The van der Waals surface area contributed by atoms with Crippen LogP contribution in [-0.2, 0) is 0 Å². The van der Waals surface area contributed by atoms with E-state index in [2.05, 4.69) is 11.4 Å². The summed E-state index contributed by atoms with van der Waals surface area (Å²) in [5, 5.41) is 3.33. The average molecular weight is 263 g/mol. The van der Waals surface area contributed by atoms with Crippen LogP contribution in [0.3, 0.4) is 0 Å². The Kier molecular flexibility index (Phi) is 5.08. The minimum absolute atomic E-state index is 0.575. The third-order valence-corrected chi connectivity index (χ3v) is 4.21. The van der Waals surface area contributed by atoms with Crippen LogP contribution in [0.25, 0.3) is 0 Å². The third-order valence-electron chi connectivity index (χ3n) is 4.21. The lowest BCUT2D eigenvalue weighted by atomic mass is 9.75. The van der Waals surface area contributed by atoms with E-state index >= 15 is 0 Å². The lowest BCUT2D eigenvalue weighted by Crippen LogP contribution is -2.27. The number of ether oxygens (including phenoxy) is 2. The molecule has 0 aliphatic heterocycles. The first-order valence-electron chi connectivity index (χ1n) is 7.16. The van der Waals surface area contributed by atoms with Gasteiger partial charge in [-0.05, 0) is 56.5 Å². The van der Waals surface area contributed by atoms with Gasteiger partial charge in [0.15, 0.2) is 0 Å². The Balaban J connectivity index is 2.30. The summed E-state index contributed by atoms with van der Waals surface area (Å²) >= 11 is 0. The van der Waals surface area contributed by atoms with Crippen LogP contribution in [0.4, 0.5) is 0 Å². The fraction of sp³-hybridized carbons (Fsp3) is 0.625. The van der Waals surface area contributed by atoms with Crippen molar-refractivity contribution < 1.29 is 9.47 Å². The van der Waals surface area contributed by atoms with E-state index in [1.807, 2.05) is 19.2 Å². The molecule has 1 aliphatic rings. The molecule has 2 rings (SSSR count). The number of nitrogens with one attached hydrogen (secondary N) is 1. The summed E-state index contributed by atoms with van der Waals surface area (Å²) in [4.78, 5) is 0. The molecule has 0 spiro atoms. The smallest absolute Gasteiger partial charge is 0.122 e. The van der Waals surface area contributed by atoms with E-state index in [9.17, 15) is 0 Å². The van der Waals surface area contributed by atoms with Gasteiger partial charge in [-0.15, -0.1) is 0 Å². The Morgan fingerprint density at radius 3 is 2.63 bits per heavy atom. The molecule has 1 aromatic carbocycles. The van der Waals surface area contributed by atoms with Gasteiger partial charge in [0.2, 0.25) is 0 Å². The molecule has 1 fully saturated rings. The molecule has 0 radical (unpaired) electrons. The summed E-state index contributed by atoms with van der Waals surface area (Å²) in [5.74, 6) is 3.18. The van der Waals surface area contributed by atoms with Crippen LogP contribution >= 0.6 is 0 Å². The van der Waals surface area contributed by atoms with E-state index in [-0.39, 0.29) is 0 Å². The van der Waals surface area contributed by atoms with E-state index in [1.54, 1.807) is 14.2 Å². The van der Waals surface area contributed by atoms with Gasteiger partial charge in [-0.2, -0.15) is 0 Å². The molecule has 2 unspecified atom stereocenters. The molecular formula is C16H25NO2. The fourth-order valence-electron chi connectivity index (χ4n) is 3.25. The summed E-state index contributed by atoms with van der Waals surface area (Å²) in [5.41, 5.74) is 1.31. The maximum absolute atomic E-state index is 5.55. The molecule has 106 valence electrons. The highest BCUT2D eigenvalue weighted by molar-refractivity contribution is 5.43. The van der Waals surface area contributed by atoms with Gasteiger partial charge in [0.05, 0.1) is 14.2 Å². The zero-order valence-electron chi connectivity index (χ0n) is 12.2. The molecule has 0 amide bonds. The fourth-order valence-corrected chi connectivity index (χ4v) is 3.25. The van der Waals surface area contributed by atoms with Crippen molar-refractivity contribution in [2.24, 2.45) is 5.92 Å². The Morgan fingerprint density at radius 2 is 1.95 bits per heavy atom. The summed E-state index contributed by atoms with van der Waals surface area (Å²) in [6.45, 7) is 1.07. The predicted octanol–water partition coefficient (Wildman–Crippen LogP) is 3.20. The Hall–Kier alpha value is -1.22. The van der Waals surface area contributed by atoms with E-state index in [0.29, 0.717) is 11.8 Å². The zero-order chi connectivity index (χ0) is 13.7. The molecule has 0 heterocycles. The van der Waals surface area contributed by atoms with Crippen molar-refractivity contribution in [3.05, 3.63) is 23.8 Å². The maximum atomic E-state index is 5.55. The lowest BCUT2D eigenvalue weighted by Gasteiger charge is -2.32. The van der Waals surface area contributed by atoms with Crippen molar-refractivity contribution in [2.75, 3.05) is 27.8 Å². The van der Waals surface area contributed by atoms with E-state index < -0.39 is 0 Å². The van der Waals surface area contributed by atoms with Crippen LogP contribution in [0, 0.1) is 5.92 Å². The Labute approximate surface area is 116 Å². The highest BCUT2D eigenvalue weighted by atomic mass is 16.5. The molecule has 3 nitrogen and oxygen atoms in total. The molecule has 0 bridgehead atoms. The molecule has 1 aromatic rings. The van der Waals surface area contributed by atoms with Gasteiger partial charge in [0.1, 0.15) is 11.5 Å². The third kappa shape index (κ3) is 3.21. The van der Waals surface area contributed by atoms with Crippen LogP contribution in [0.5, 0.6) is 11.5 Å². The van der Waals surface area contributed by atoms with Gasteiger partial charge < -0.3 is 14.8 Å². The standard InChI is InChI=1S/C16H25NO2/c1-17-11-12-6-4-5-7-14(12)15-10-13(18-2)8-9-16(15)19-3/h8-10,12,14,17H,4-7,11H2,1-3H3. The second kappa shape index (κ2) is 6.80. The highest BCUT2D eigenvalue weighted by Crippen LogP contribution is 2.42. The van der Waals surface area contributed by atoms with E-state index in [0.717, 1.165) is 18.0 Å². The second-order valence-electron chi connectivity index (χ2n) is 5.32. The van der Waals surface area contributed by atoms with Crippen LogP contribution in [0.15, 0.2) is 18.2 Å². The number of rotatable bonds is 5. The Morgan fingerprint density at radius 1 is 1.16 bits per heavy atom. The number of benzene rings is 1. The van der Waals surface area contributed by atoms with Crippen LogP contribution < -0.4 is 14.8 Å². The first-order valence-corrected chi connectivity index (χ1v) is 7.16. The normalized spacial score (nSPS) is 23.1. The van der Waals surface area contributed by atoms with Gasteiger partial charge in [-0.1, -0.05) is 12.8 Å². The van der Waals surface area contributed by atoms with Gasteiger partial charge in [0, 0.05) is 5.56 Å². The second-order valence-corrected chi connectivity index (χ2v) is 5.32. The summed E-state index contributed by atoms with van der Waals surface area (Å²) in [7, 11) is 5.51. The quantitative estimate of drug-likeness (QED) is 0.885. The molecule has 19 heavy (non-hydrogen) atoms. The van der Waals surface area contributed by atoms with Crippen LogP contribution in [0.2, 0.25) is 0 Å². The van der Waals surface area contributed by atoms with Crippen molar-refractivity contribution in [1.29, 1.82) is 0 Å². The lowest BCUT2D eigenvalue weighted by molar-refractivity contribution is 0.291. The first kappa shape index (κ1) is 14.2. The minimum atomic E-state index is 0.575. The summed E-state index contributed by atoms with van der Waals surface area (Å²) in [6, 6.07) is 6.15. The molecule has 1 aliphatic carbocycles. The molecule has 2 atom stereocenters. The van der Waals surface area contributed by atoms with Crippen LogP contribution in [-0.4, -0.2) is 27.8 Å². The first-order chi connectivity index (χ1) is 9.30. The summed E-state index contributed by atoms with van der Waals surface area (Å²) < 4.78 is 10.9. The van der Waals surface area contributed by atoms with Crippen molar-refractivity contribution in [1.82, 2.24) is 5.32 Å². The molecule has 3 heteroatoms. The topological polar surface area (TPSA) is 30.5 Å². The highest BCUT2D eigenvalue weighted by Gasteiger charge is 2.28. The van der Waals surface area contributed by atoms with Crippen molar-refractivity contribution in [3.63, 3.8) is 0 Å². The average Bonchev–Trinajstić information content (AvgIpc) is 2.47. The molecule has 1 N–H and O–H groups in total. The van der Waals surface area contributed by atoms with Crippen LogP contribution in [0.1, 0.15) is 37.2 Å². The number of hydrogen-bond donors (Lipinski definition) is 1. The molecular weight excluding hydrogens is 238 g/mol. The Bertz CT molecular complexity index is 404. The van der Waals surface area contributed by atoms with E-state index in [4.69, 9.17) is 9.47 Å². The zero-order valence-corrected chi connectivity index (χ0v) is 12.2. The maximum Gasteiger partial charge on any atom is 0.122 e. The van der Waals surface area contributed by atoms with Crippen molar-refractivity contribution in [3.8, 4) is 11.5 Å².